The molecule has 2 aliphatic rings. The Bertz CT molecular complexity index is 567. The SMILES string of the molecule is C=C(CCCCCCCCCC/C=C\CCCCC)CCC(CC)CO.CC.CC1CCCC(C2CCCCC2)CC1. The first kappa shape index (κ1) is 41.4. The van der Waals surface area contributed by atoms with Crippen LogP contribution in [0.25, 0.3) is 0 Å². The average Bonchev–Trinajstić information content (AvgIpc) is 3.25. The van der Waals surface area contributed by atoms with Crippen LogP contribution in [0.15, 0.2) is 24.3 Å². The predicted octanol–water partition coefficient (Wildman–Crippen LogP) is 14.2. The summed E-state index contributed by atoms with van der Waals surface area (Å²) < 4.78 is 0. The van der Waals surface area contributed by atoms with Gasteiger partial charge in [-0.25, -0.2) is 0 Å². The first-order chi connectivity index (χ1) is 20.6. The maximum absolute atomic E-state index is 9.22. The number of unbranched alkanes of at least 4 members (excludes halogenated alkanes) is 11. The monoisotopic (exact) mass is 589 g/mol. The van der Waals surface area contributed by atoms with Gasteiger partial charge in [0, 0.05) is 6.61 Å². The first-order valence-electron chi connectivity index (χ1n) is 19.5. The summed E-state index contributed by atoms with van der Waals surface area (Å²) in [7, 11) is 0. The Morgan fingerprint density at radius 3 is 1.81 bits per heavy atom. The van der Waals surface area contributed by atoms with Crippen LogP contribution in [0.2, 0.25) is 0 Å². The quantitative estimate of drug-likeness (QED) is 0.0803. The standard InChI is InChI=1S/C25H48O.C14H26.C2H6/c1-4-6-7-8-9-10-11-12-13-14-15-16-17-18-19-20-24(3)21-22-25(5-2)23-26;1-12-6-5-9-14(11-10-12)13-7-3-2-4-8-13;1-2/h9-10,25-26H,3-8,11-23H2,1-2H3;12-14H,2-11H2,1H3;1-2H3/b10-9-;;. The zero-order valence-corrected chi connectivity index (χ0v) is 29.9. The molecule has 1 N–H and O–H groups in total. The van der Waals surface area contributed by atoms with Gasteiger partial charge >= 0.3 is 0 Å². The third-order valence-corrected chi connectivity index (χ3v) is 10.2. The summed E-state index contributed by atoms with van der Waals surface area (Å²) in [6.45, 7) is 15.4. The molecule has 0 saturated heterocycles. The lowest BCUT2D eigenvalue weighted by atomic mass is 9.77. The summed E-state index contributed by atoms with van der Waals surface area (Å²) in [5.41, 5.74) is 1.39. The van der Waals surface area contributed by atoms with Crippen molar-refractivity contribution in [1.29, 1.82) is 0 Å². The van der Waals surface area contributed by atoms with Crippen molar-refractivity contribution in [2.45, 2.75) is 208 Å². The largest absolute Gasteiger partial charge is 0.396 e. The highest BCUT2D eigenvalue weighted by Gasteiger charge is 2.25. The molecule has 3 unspecified atom stereocenters. The zero-order chi connectivity index (χ0) is 31.1. The fourth-order valence-electron chi connectivity index (χ4n) is 7.00. The van der Waals surface area contributed by atoms with E-state index in [2.05, 4.69) is 39.5 Å². The van der Waals surface area contributed by atoms with E-state index in [-0.39, 0.29) is 0 Å². The number of rotatable bonds is 21. The highest BCUT2D eigenvalue weighted by atomic mass is 16.3. The molecule has 2 fully saturated rings. The molecule has 1 nitrogen and oxygen atoms in total. The van der Waals surface area contributed by atoms with Gasteiger partial charge in [0.05, 0.1) is 0 Å². The second-order valence-corrected chi connectivity index (χ2v) is 13.9. The van der Waals surface area contributed by atoms with E-state index in [1.54, 1.807) is 25.7 Å². The van der Waals surface area contributed by atoms with E-state index in [0.29, 0.717) is 12.5 Å². The topological polar surface area (TPSA) is 20.2 Å². The van der Waals surface area contributed by atoms with Crippen molar-refractivity contribution in [3.8, 4) is 0 Å². The Kier molecular flexibility index (Phi) is 31.4. The Balaban J connectivity index is 0.000000871. The van der Waals surface area contributed by atoms with Crippen molar-refractivity contribution in [3.05, 3.63) is 24.3 Å². The van der Waals surface area contributed by atoms with Crippen molar-refractivity contribution >= 4 is 0 Å². The molecule has 0 aliphatic heterocycles. The second-order valence-electron chi connectivity index (χ2n) is 13.9. The molecule has 0 amide bonds. The number of hydrogen-bond acceptors (Lipinski definition) is 1. The minimum Gasteiger partial charge on any atom is -0.396 e. The van der Waals surface area contributed by atoms with Crippen LogP contribution in [0, 0.1) is 23.7 Å². The Morgan fingerprint density at radius 2 is 1.21 bits per heavy atom. The number of aliphatic hydroxyl groups is 1. The van der Waals surface area contributed by atoms with Gasteiger partial charge in [-0.1, -0.05) is 174 Å². The third-order valence-electron chi connectivity index (χ3n) is 10.2. The van der Waals surface area contributed by atoms with Gasteiger partial charge in [0.1, 0.15) is 0 Å². The summed E-state index contributed by atoms with van der Waals surface area (Å²) in [6.07, 6.45) is 42.2. The fraction of sp³-hybridized carbons (Fsp3) is 0.902. The van der Waals surface area contributed by atoms with Gasteiger partial charge < -0.3 is 5.11 Å². The van der Waals surface area contributed by atoms with E-state index in [1.807, 2.05) is 13.8 Å². The van der Waals surface area contributed by atoms with E-state index in [9.17, 15) is 5.11 Å². The van der Waals surface area contributed by atoms with Crippen molar-refractivity contribution in [1.82, 2.24) is 0 Å². The minimum atomic E-state index is 0.332. The number of hydrogen-bond donors (Lipinski definition) is 1. The van der Waals surface area contributed by atoms with Gasteiger partial charge in [-0.2, -0.15) is 0 Å². The molecule has 2 aliphatic carbocycles. The fourth-order valence-corrected chi connectivity index (χ4v) is 7.00. The van der Waals surface area contributed by atoms with Crippen LogP contribution in [0.4, 0.5) is 0 Å². The molecule has 0 aromatic heterocycles. The molecule has 3 atom stereocenters. The smallest absolute Gasteiger partial charge is 0.0459 e. The van der Waals surface area contributed by atoms with Crippen LogP contribution in [0.5, 0.6) is 0 Å². The molecule has 1 heteroatoms. The molecule has 0 aromatic rings. The Labute approximate surface area is 267 Å². The lowest BCUT2D eigenvalue weighted by molar-refractivity contribution is 0.215. The third kappa shape index (κ3) is 24.8. The van der Waals surface area contributed by atoms with Crippen molar-refractivity contribution in [3.63, 3.8) is 0 Å². The molecule has 2 rings (SSSR count). The lowest BCUT2D eigenvalue weighted by Gasteiger charge is -2.29. The van der Waals surface area contributed by atoms with Crippen LogP contribution in [-0.2, 0) is 0 Å². The van der Waals surface area contributed by atoms with E-state index in [1.165, 1.54) is 134 Å². The maximum Gasteiger partial charge on any atom is 0.0459 e. The molecular formula is C41H80O. The van der Waals surface area contributed by atoms with Crippen LogP contribution in [0.3, 0.4) is 0 Å². The maximum atomic E-state index is 9.22. The van der Waals surface area contributed by atoms with Crippen molar-refractivity contribution in [2.24, 2.45) is 23.7 Å². The van der Waals surface area contributed by atoms with Gasteiger partial charge in [0.2, 0.25) is 0 Å². The summed E-state index contributed by atoms with van der Waals surface area (Å²) >= 11 is 0. The molecular weight excluding hydrogens is 508 g/mol. The average molecular weight is 589 g/mol. The highest BCUT2D eigenvalue weighted by Crippen LogP contribution is 2.38. The van der Waals surface area contributed by atoms with Crippen LogP contribution >= 0.6 is 0 Å². The van der Waals surface area contributed by atoms with E-state index in [4.69, 9.17) is 0 Å². The molecule has 0 heterocycles. The molecule has 0 spiro atoms. The first-order valence-corrected chi connectivity index (χ1v) is 19.5. The summed E-state index contributed by atoms with van der Waals surface area (Å²) in [5.74, 6) is 3.72. The molecule has 250 valence electrons. The summed E-state index contributed by atoms with van der Waals surface area (Å²) in [6, 6.07) is 0. The zero-order valence-electron chi connectivity index (χ0n) is 29.9. The molecule has 0 bridgehead atoms. The van der Waals surface area contributed by atoms with Gasteiger partial charge in [0.15, 0.2) is 0 Å². The number of aliphatic hydroxyl groups excluding tert-OH is 1. The van der Waals surface area contributed by atoms with Crippen LogP contribution in [-0.4, -0.2) is 11.7 Å². The normalized spacial score (nSPS) is 20.2. The van der Waals surface area contributed by atoms with Gasteiger partial charge in [-0.05, 0) is 81.5 Å². The summed E-state index contributed by atoms with van der Waals surface area (Å²) in [5, 5.41) is 9.22. The summed E-state index contributed by atoms with van der Waals surface area (Å²) in [4.78, 5) is 0. The molecule has 42 heavy (non-hydrogen) atoms. The highest BCUT2D eigenvalue weighted by molar-refractivity contribution is 4.94. The molecule has 2 saturated carbocycles. The van der Waals surface area contributed by atoms with Crippen LogP contribution < -0.4 is 0 Å². The predicted molar refractivity (Wildman–Crippen MR) is 192 cm³/mol. The van der Waals surface area contributed by atoms with Gasteiger partial charge in [-0.3, -0.25) is 0 Å². The second kappa shape index (κ2) is 31.9. The molecule has 0 aromatic carbocycles. The Hall–Kier alpha value is -0.560. The minimum absolute atomic E-state index is 0.332. The van der Waals surface area contributed by atoms with E-state index >= 15 is 0 Å². The number of allylic oxidation sites excluding steroid dienone is 3. The van der Waals surface area contributed by atoms with E-state index in [0.717, 1.165) is 37.0 Å². The lowest BCUT2D eigenvalue weighted by Crippen LogP contribution is -2.17. The van der Waals surface area contributed by atoms with Crippen molar-refractivity contribution in [2.75, 3.05) is 6.61 Å². The van der Waals surface area contributed by atoms with Gasteiger partial charge in [0.25, 0.3) is 0 Å². The molecule has 0 radical (unpaired) electrons. The van der Waals surface area contributed by atoms with Crippen LogP contribution in [0.1, 0.15) is 208 Å². The van der Waals surface area contributed by atoms with Crippen molar-refractivity contribution < 1.29 is 5.11 Å². The Morgan fingerprint density at radius 1 is 0.667 bits per heavy atom. The van der Waals surface area contributed by atoms with Gasteiger partial charge in [-0.15, -0.1) is 0 Å². The van der Waals surface area contributed by atoms with E-state index < -0.39 is 0 Å².